The normalized spacial score (nSPS) is 10.6. The third kappa shape index (κ3) is 4.33. The maximum absolute atomic E-state index is 11.0. The lowest BCUT2D eigenvalue weighted by molar-refractivity contribution is 0.0697. The van der Waals surface area contributed by atoms with Crippen LogP contribution in [0.5, 0.6) is 17.2 Å². The summed E-state index contributed by atoms with van der Waals surface area (Å²) in [6.45, 7) is 0. The minimum absolute atomic E-state index is 0.0988. The number of nitrogens with zero attached hydrogens (tertiary/aromatic N) is 1. The summed E-state index contributed by atoms with van der Waals surface area (Å²) in [6.07, 6.45) is 1.49. The molecule has 0 amide bonds. The molecule has 25 heavy (non-hydrogen) atoms. The Morgan fingerprint density at radius 3 is 2.28 bits per heavy atom. The third-order valence-corrected chi connectivity index (χ3v) is 3.67. The first-order valence-electron chi connectivity index (χ1n) is 7.12. The minimum Gasteiger partial charge on any atom is -0.496 e. The molecule has 0 heterocycles. The summed E-state index contributed by atoms with van der Waals surface area (Å²) < 4.78 is 15.8. The van der Waals surface area contributed by atoms with Gasteiger partial charge in [0.05, 0.1) is 49.4 Å². The van der Waals surface area contributed by atoms with Gasteiger partial charge >= 0.3 is 5.97 Å². The zero-order valence-electron chi connectivity index (χ0n) is 13.9. The van der Waals surface area contributed by atoms with Crippen molar-refractivity contribution < 1.29 is 24.1 Å². The molecule has 0 saturated carbocycles. The molecule has 2 rings (SSSR count). The Morgan fingerprint density at radius 2 is 1.76 bits per heavy atom. The number of anilines is 1. The van der Waals surface area contributed by atoms with Crippen LogP contribution in [0.3, 0.4) is 0 Å². The number of rotatable bonds is 7. The number of methoxy groups -OCH3 is 3. The van der Waals surface area contributed by atoms with E-state index in [1.54, 1.807) is 19.2 Å². The number of halogens is 1. The summed E-state index contributed by atoms with van der Waals surface area (Å²) in [6, 6.07) is 7.68. The highest BCUT2D eigenvalue weighted by molar-refractivity contribution is 6.33. The molecule has 0 aromatic heterocycles. The highest BCUT2D eigenvalue weighted by atomic mass is 35.5. The summed E-state index contributed by atoms with van der Waals surface area (Å²) in [5, 5.41) is 13.5. The molecule has 0 aliphatic rings. The van der Waals surface area contributed by atoms with E-state index in [1.807, 2.05) is 0 Å². The van der Waals surface area contributed by atoms with Crippen LogP contribution in [0.15, 0.2) is 35.4 Å². The van der Waals surface area contributed by atoms with Crippen molar-refractivity contribution in [2.45, 2.75) is 0 Å². The van der Waals surface area contributed by atoms with E-state index in [4.69, 9.17) is 30.9 Å². The Kier molecular flexibility index (Phi) is 6.08. The van der Waals surface area contributed by atoms with Gasteiger partial charge in [0, 0.05) is 12.1 Å². The van der Waals surface area contributed by atoms with Gasteiger partial charge in [-0.2, -0.15) is 5.10 Å². The van der Waals surface area contributed by atoms with Crippen molar-refractivity contribution in [2.75, 3.05) is 26.8 Å². The van der Waals surface area contributed by atoms with Gasteiger partial charge in [-0.1, -0.05) is 11.6 Å². The lowest BCUT2D eigenvalue weighted by Gasteiger charge is -2.12. The van der Waals surface area contributed by atoms with Gasteiger partial charge in [0.2, 0.25) is 0 Å². The molecule has 0 radical (unpaired) electrons. The number of carboxylic acid groups (broad SMARTS) is 1. The summed E-state index contributed by atoms with van der Waals surface area (Å²) in [7, 11) is 4.58. The molecule has 0 unspecified atom stereocenters. The highest BCUT2D eigenvalue weighted by Gasteiger charge is 2.12. The molecule has 0 bridgehead atoms. The van der Waals surface area contributed by atoms with E-state index in [2.05, 4.69) is 10.5 Å². The minimum atomic E-state index is -1.05. The fraction of sp³-hybridized carbons (Fsp3) is 0.176. The van der Waals surface area contributed by atoms with E-state index < -0.39 is 5.97 Å². The van der Waals surface area contributed by atoms with Crippen LogP contribution in [0, 0.1) is 0 Å². The maximum Gasteiger partial charge on any atom is 0.335 e. The number of hydrogen-bond donors (Lipinski definition) is 2. The van der Waals surface area contributed by atoms with Gasteiger partial charge in [0.15, 0.2) is 0 Å². The maximum atomic E-state index is 11.0. The molecule has 0 aliphatic carbocycles. The summed E-state index contributed by atoms with van der Waals surface area (Å²) in [5.74, 6) is 0.539. The van der Waals surface area contributed by atoms with E-state index in [-0.39, 0.29) is 5.56 Å². The van der Waals surface area contributed by atoms with Crippen LogP contribution in [0.1, 0.15) is 15.9 Å². The number of aromatic carboxylic acids is 1. The summed E-state index contributed by atoms with van der Waals surface area (Å²) in [4.78, 5) is 11.0. The zero-order valence-corrected chi connectivity index (χ0v) is 14.6. The zero-order chi connectivity index (χ0) is 18.4. The third-order valence-electron chi connectivity index (χ3n) is 3.35. The largest absolute Gasteiger partial charge is 0.496 e. The van der Waals surface area contributed by atoms with Crippen LogP contribution < -0.4 is 19.6 Å². The Balaban J connectivity index is 2.31. The number of ether oxygens (including phenoxy) is 3. The number of hydrazone groups is 1. The number of carbonyl (C=O) groups is 1. The van der Waals surface area contributed by atoms with Crippen molar-refractivity contribution in [1.29, 1.82) is 0 Å². The Morgan fingerprint density at radius 1 is 1.12 bits per heavy atom. The van der Waals surface area contributed by atoms with Crippen molar-refractivity contribution in [3.8, 4) is 17.2 Å². The van der Waals surface area contributed by atoms with Crippen LogP contribution in [-0.4, -0.2) is 38.6 Å². The monoisotopic (exact) mass is 364 g/mol. The van der Waals surface area contributed by atoms with Crippen molar-refractivity contribution in [3.63, 3.8) is 0 Å². The van der Waals surface area contributed by atoms with Gasteiger partial charge in [0.1, 0.15) is 17.2 Å². The van der Waals surface area contributed by atoms with Gasteiger partial charge in [-0.15, -0.1) is 0 Å². The number of nitrogens with one attached hydrogen (secondary N) is 1. The first-order valence-corrected chi connectivity index (χ1v) is 7.50. The molecule has 0 fully saturated rings. The average molecular weight is 365 g/mol. The van der Waals surface area contributed by atoms with Crippen molar-refractivity contribution in [2.24, 2.45) is 5.10 Å². The Bertz CT molecular complexity index is 783. The fourth-order valence-corrected chi connectivity index (χ4v) is 2.23. The number of carboxylic acids is 1. The second kappa shape index (κ2) is 8.25. The molecule has 2 aromatic rings. The Hall–Kier alpha value is -2.93. The van der Waals surface area contributed by atoms with E-state index in [1.165, 1.54) is 38.6 Å². The molecule has 7 nitrogen and oxygen atoms in total. The standard InChI is InChI=1S/C17H17ClN2O5/c1-23-11-7-15(24-2)12(16(8-11)25-3)9-19-20-14-6-10(17(21)22)4-5-13(14)18/h4-9,20H,1-3H3,(H,21,22)/b19-9-. The summed E-state index contributed by atoms with van der Waals surface area (Å²) in [5.41, 5.74) is 3.77. The van der Waals surface area contributed by atoms with Crippen LogP contribution in [-0.2, 0) is 0 Å². The second-order valence-corrected chi connectivity index (χ2v) is 5.22. The van der Waals surface area contributed by atoms with Crippen LogP contribution in [0.4, 0.5) is 5.69 Å². The van der Waals surface area contributed by atoms with Gasteiger partial charge in [0.25, 0.3) is 0 Å². The molecular weight excluding hydrogens is 348 g/mol. The van der Waals surface area contributed by atoms with E-state index in [0.717, 1.165) is 0 Å². The molecule has 132 valence electrons. The predicted molar refractivity (Wildman–Crippen MR) is 95.7 cm³/mol. The van der Waals surface area contributed by atoms with Crippen molar-refractivity contribution in [3.05, 3.63) is 46.5 Å². The van der Waals surface area contributed by atoms with Gasteiger partial charge in [-0.25, -0.2) is 4.79 Å². The Labute approximate surface area is 149 Å². The van der Waals surface area contributed by atoms with Gasteiger partial charge in [-0.3, -0.25) is 5.43 Å². The molecule has 2 aromatic carbocycles. The SMILES string of the molecule is COc1cc(OC)c(/C=N\Nc2cc(C(=O)O)ccc2Cl)c(OC)c1. The lowest BCUT2D eigenvalue weighted by Crippen LogP contribution is -2.00. The van der Waals surface area contributed by atoms with Gasteiger partial charge in [-0.05, 0) is 18.2 Å². The smallest absolute Gasteiger partial charge is 0.335 e. The highest BCUT2D eigenvalue weighted by Crippen LogP contribution is 2.32. The molecule has 2 N–H and O–H groups in total. The van der Waals surface area contributed by atoms with Gasteiger partial charge < -0.3 is 19.3 Å². The lowest BCUT2D eigenvalue weighted by atomic mass is 10.2. The van der Waals surface area contributed by atoms with Crippen molar-refractivity contribution in [1.82, 2.24) is 0 Å². The molecule has 8 heteroatoms. The molecule has 0 spiro atoms. The average Bonchev–Trinajstić information content (AvgIpc) is 2.62. The molecule has 0 saturated heterocycles. The molecular formula is C17H17ClN2O5. The van der Waals surface area contributed by atoms with Crippen LogP contribution in [0.2, 0.25) is 5.02 Å². The van der Waals surface area contributed by atoms with Crippen LogP contribution >= 0.6 is 11.6 Å². The van der Waals surface area contributed by atoms with E-state index in [9.17, 15) is 4.79 Å². The second-order valence-electron chi connectivity index (χ2n) is 4.82. The summed E-state index contributed by atoms with van der Waals surface area (Å²) >= 11 is 6.04. The van der Waals surface area contributed by atoms with Crippen molar-refractivity contribution >= 4 is 29.5 Å². The topological polar surface area (TPSA) is 89.4 Å². The first-order chi connectivity index (χ1) is 12.0. The fourth-order valence-electron chi connectivity index (χ4n) is 2.07. The van der Waals surface area contributed by atoms with E-state index in [0.29, 0.717) is 33.5 Å². The first kappa shape index (κ1) is 18.4. The van der Waals surface area contributed by atoms with E-state index >= 15 is 0 Å². The molecule has 0 aliphatic heterocycles. The number of benzene rings is 2. The predicted octanol–water partition coefficient (Wildman–Crippen LogP) is 3.51. The number of hydrogen-bond acceptors (Lipinski definition) is 6. The molecule has 0 atom stereocenters. The quantitative estimate of drug-likeness (QED) is 0.577. The van der Waals surface area contributed by atoms with Crippen LogP contribution in [0.25, 0.3) is 0 Å².